The van der Waals surface area contributed by atoms with E-state index in [9.17, 15) is 31.2 Å². The average molecular weight is 427 g/mol. The lowest BCUT2D eigenvalue weighted by Crippen LogP contribution is -2.31. The van der Waals surface area contributed by atoms with Crippen LogP contribution in [0.3, 0.4) is 0 Å². The standard InChI is InChI=1S/C17H12F3N3O5S/c1-28-10-7-8(3-4-9(10)17(18,19)20)23-13-14(24)11-12(22-6-5-21-11)15(25)16(13)29(2,26)27/h3-7,23H,1-2H3. The number of sulfone groups is 1. The van der Waals surface area contributed by atoms with Crippen LogP contribution in [0, 0.1) is 0 Å². The van der Waals surface area contributed by atoms with Crippen molar-refractivity contribution in [1.82, 2.24) is 9.97 Å². The summed E-state index contributed by atoms with van der Waals surface area (Å²) in [5.41, 5.74) is -2.59. The second-order valence-electron chi connectivity index (χ2n) is 5.93. The van der Waals surface area contributed by atoms with E-state index in [0.717, 1.165) is 37.9 Å². The van der Waals surface area contributed by atoms with Gasteiger partial charge < -0.3 is 10.1 Å². The van der Waals surface area contributed by atoms with E-state index in [1.165, 1.54) is 0 Å². The van der Waals surface area contributed by atoms with Crippen LogP contribution in [-0.2, 0) is 16.0 Å². The van der Waals surface area contributed by atoms with Gasteiger partial charge in [-0.1, -0.05) is 0 Å². The number of carbonyl (C=O) groups excluding carboxylic acids is 2. The first kappa shape index (κ1) is 20.5. The molecule has 3 rings (SSSR count). The number of fused-ring (bicyclic) bond motifs is 1. The Morgan fingerprint density at radius 1 is 1.03 bits per heavy atom. The van der Waals surface area contributed by atoms with Gasteiger partial charge in [-0.15, -0.1) is 0 Å². The smallest absolute Gasteiger partial charge is 0.419 e. The number of carbonyl (C=O) groups is 2. The van der Waals surface area contributed by atoms with Crippen molar-refractivity contribution in [2.24, 2.45) is 0 Å². The zero-order chi connectivity index (χ0) is 21.6. The van der Waals surface area contributed by atoms with Crippen LogP contribution in [0.5, 0.6) is 5.75 Å². The minimum atomic E-state index is -4.69. The molecule has 29 heavy (non-hydrogen) atoms. The summed E-state index contributed by atoms with van der Waals surface area (Å²) < 4.78 is 68.1. The molecule has 1 heterocycles. The molecule has 1 aromatic heterocycles. The number of anilines is 1. The molecule has 0 aliphatic heterocycles. The van der Waals surface area contributed by atoms with Crippen molar-refractivity contribution in [2.75, 3.05) is 18.7 Å². The highest BCUT2D eigenvalue weighted by molar-refractivity contribution is 7.95. The van der Waals surface area contributed by atoms with Crippen molar-refractivity contribution in [3.8, 4) is 5.75 Å². The molecule has 1 aliphatic rings. The molecule has 0 atom stereocenters. The highest BCUT2D eigenvalue weighted by atomic mass is 32.2. The van der Waals surface area contributed by atoms with E-state index in [0.29, 0.717) is 6.07 Å². The highest BCUT2D eigenvalue weighted by Crippen LogP contribution is 2.38. The van der Waals surface area contributed by atoms with Gasteiger partial charge >= 0.3 is 6.18 Å². The van der Waals surface area contributed by atoms with Crippen LogP contribution in [0.15, 0.2) is 41.2 Å². The zero-order valence-electron chi connectivity index (χ0n) is 14.9. The maximum absolute atomic E-state index is 13.0. The number of Topliss-reactive ketones (excluding diaryl/α,β-unsaturated/α-hetero) is 2. The van der Waals surface area contributed by atoms with Crippen LogP contribution in [0.4, 0.5) is 18.9 Å². The molecular weight excluding hydrogens is 415 g/mol. The molecular formula is C17H12F3N3O5S. The molecule has 0 radical (unpaired) electrons. The third-order valence-electron chi connectivity index (χ3n) is 3.94. The van der Waals surface area contributed by atoms with Gasteiger partial charge in [-0.2, -0.15) is 13.2 Å². The molecule has 1 N–H and O–H groups in total. The molecule has 152 valence electrons. The van der Waals surface area contributed by atoms with Crippen molar-refractivity contribution < 1.29 is 35.9 Å². The van der Waals surface area contributed by atoms with Crippen molar-refractivity contribution in [2.45, 2.75) is 6.18 Å². The SMILES string of the molecule is COc1cc(NC2=C(S(C)(=O)=O)C(=O)c3nccnc3C2=O)ccc1C(F)(F)F. The maximum atomic E-state index is 13.0. The molecule has 2 aromatic rings. The number of benzene rings is 1. The van der Waals surface area contributed by atoms with Gasteiger partial charge in [-0.25, -0.2) is 18.4 Å². The number of methoxy groups -OCH3 is 1. The zero-order valence-corrected chi connectivity index (χ0v) is 15.7. The highest BCUT2D eigenvalue weighted by Gasteiger charge is 2.40. The summed E-state index contributed by atoms with van der Waals surface area (Å²) in [6, 6.07) is 2.60. The van der Waals surface area contributed by atoms with Gasteiger partial charge in [-0.05, 0) is 12.1 Å². The first-order valence-corrected chi connectivity index (χ1v) is 9.71. The number of rotatable bonds is 4. The Morgan fingerprint density at radius 2 is 1.62 bits per heavy atom. The third-order valence-corrected chi connectivity index (χ3v) is 5.07. The van der Waals surface area contributed by atoms with E-state index < -0.39 is 55.2 Å². The molecule has 0 spiro atoms. The fourth-order valence-corrected chi connectivity index (χ4v) is 3.68. The fourth-order valence-electron chi connectivity index (χ4n) is 2.73. The number of ether oxygens (including phenoxy) is 1. The van der Waals surface area contributed by atoms with Gasteiger partial charge in [0.25, 0.3) is 0 Å². The van der Waals surface area contributed by atoms with E-state index in [4.69, 9.17) is 4.74 Å². The van der Waals surface area contributed by atoms with Crippen LogP contribution < -0.4 is 10.1 Å². The number of hydrogen-bond acceptors (Lipinski definition) is 8. The Balaban J connectivity index is 2.16. The second kappa shape index (κ2) is 6.95. The molecule has 0 saturated heterocycles. The number of nitrogens with one attached hydrogen (secondary N) is 1. The largest absolute Gasteiger partial charge is 0.496 e. The van der Waals surface area contributed by atoms with Gasteiger partial charge in [0.1, 0.15) is 27.7 Å². The first-order chi connectivity index (χ1) is 13.4. The predicted octanol–water partition coefficient (Wildman–Crippen LogP) is 2.25. The van der Waals surface area contributed by atoms with Crippen molar-refractivity contribution in [3.05, 3.63) is 58.1 Å². The quantitative estimate of drug-likeness (QED) is 0.790. The number of nitrogens with zero attached hydrogens (tertiary/aromatic N) is 2. The van der Waals surface area contributed by atoms with Gasteiger partial charge in [0.2, 0.25) is 11.6 Å². The van der Waals surface area contributed by atoms with Crippen molar-refractivity contribution in [3.63, 3.8) is 0 Å². The lowest BCUT2D eigenvalue weighted by Gasteiger charge is -2.20. The normalized spacial score (nSPS) is 14.7. The minimum absolute atomic E-state index is 0.0977. The molecule has 8 nitrogen and oxygen atoms in total. The van der Waals surface area contributed by atoms with Crippen molar-refractivity contribution >= 4 is 27.1 Å². The molecule has 12 heteroatoms. The van der Waals surface area contributed by atoms with Crippen LogP contribution in [0.2, 0.25) is 0 Å². The van der Waals surface area contributed by atoms with Crippen molar-refractivity contribution in [1.29, 1.82) is 0 Å². The van der Waals surface area contributed by atoms with E-state index in [1.54, 1.807) is 0 Å². The number of ketones is 2. The van der Waals surface area contributed by atoms with E-state index in [1.807, 2.05) is 0 Å². The third kappa shape index (κ3) is 3.70. The first-order valence-electron chi connectivity index (χ1n) is 7.82. The molecule has 0 bridgehead atoms. The van der Waals surface area contributed by atoms with Gasteiger partial charge in [0.05, 0.1) is 12.7 Å². The van der Waals surface area contributed by atoms with Crippen LogP contribution in [-0.4, -0.2) is 43.3 Å². The van der Waals surface area contributed by atoms with Crippen LogP contribution >= 0.6 is 0 Å². The summed E-state index contributed by atoms with van der Waals surface area (Å²) in [6.07, 6.45) is -1.69. The number of allylic oxidation sites excluding steroid dienone is 2. The molecule has 0 fully saturated rings. The van der Waals surface area contributed by atoms with Crippen LogP contribution in [0.1, 0.15) is 26.5 Å². The summed E-state index contributed by atoms with van der Waals surface area (Å²) in [4.78, 5) is 32.0. The van der Waals surface area contributed by atoms with Crippen LogP contribution in [0.25, 0.3) is 0 Å². The Kier molecular flexibility index (Phi) is 4.91. The second-order valence-corrected chi connectivity index (χ2v) is 7.88. The Morgan fingerprint density at radius 3 is 2.14 bits per heavy atom. The summed E-state index contributed by atoms with van der Waals surface area (Å²) in [5.74, 6) is -2.54. The lowest BCUT2D eigenvalue weighted by molar-refractivity contribution is -0.138. The van der Waals surface area contributed by atoms with Gasteiger partial charge in [-0.3, -0.25) is 9.59 Å². The number of halogens is 3. The monoisotopic (exact) mass is 427 g/mol. The van der Waals surface area contributed by atoms with Gasteiger partial charge in [0, 0.05) is 30.4 Å². The summed E-state index contributed by atoms with van der Waals surface area (Å²) in [6.45, 7) is 0. The summed E-state index contributed by atoms with van der Waals surface area (Å²) in [5, 5.41) is 2.43. The number of aromatic nitrogens is 2. The maximum Gasteiger partial charge on any atom is 0.419 e. The summed E-state index contributed by atoms with van der Waals surface area (Å²) >= 11 is 0. The predicted molar refractivity (Wildman–Crippen MR) is 94.2 cm³/mol. The molecule has 0 amide bonds. The topological polar surface area (TPSA) is 115 Å². The van der Waals surface area contributed by atoms with E-state index >= 15 is 0 Å². The number of alkyl halides is 3. The average Bonchev–Trinajstić information content (AvgIpc) is 2.64. The fraction of sp³-hybridized carbons (Fsp3) is 0.176. The Bertz CT molecular complexity index is 1170. The summed E-state index contributed by atoms with van der Waals surface area (Å²) in [7, 11) is -3.17. The van der Waals surface area contributed by atoms with Gasteiger partial charge in [0.15, 0.2) is 9.84 Å². The Labute approximate surface area is 162 Å². The molecule has 1 aliphatic carbocycles. The number of hydrogen-bond donors (Lipinski definition) is 1. The van der Waals surface area contributed by atoms with E-state index in [-0.39, 0.29) is 11.4 Å². The molecule has 0 unspecified atom stereocenters. The lowest BCUT2D eigenvalue weighted by atomic mass is 10.0. The molecule has 0 saturated carbocycles. The minimum Gasteiger partial charge on any atom is -0.496 e. The molecule has 1 aromatic carbocycles. The Hall–Kier alpha value is -3.28. The van der Waals surface area contributed by atoms with E-state index in [2.05, 4.69) is 15.3 Å².